The summed E-state index contributed by atoms with van der Waals surface area (Å²) in [6.07, 6.45) is 9.49. The molecule has 1 aromatic carbocycles. The van der Waals surface area contributed by atoms with Crippen LogP contribution in [0.1, 0.15) is 56.9 Å². The van der Waals surface area contributed by atoms with Crippen molar-refractivity contribution in [3.8, 4) is 0 Å². The van der Waals surface area contributed by atoms with E-state index in [1.165, 1.54) is 37.7 Å². The van der Waals surface area contributed by atoms with Gasteiger partial charge in [-0.3, -0.25) is 10.1 Å². The van der Waals surface area contributed by atoms with E-state index in [4.69, 9.17) is 0 Å². The number of carbonyl (C=O) groups is 1. The number of rotatable bonds is 4. The van der Waals surface area contributed by atoms with Crippen LogP contribution >= 0.6 is 0 Å². The molecule has 28 heavy (non-hydrogen) atoms. The Morgan fingerprint density at radius 1 is 1.11 bits per heavy atom. The minimum atomic E-state index is -0.321. The van der Waals surface area contributed by atoms with Crippen LogP contribution in [0, 0.1) is 27.4 Å². The van der Waals surface area contributed by atoms with Crippen LogP contribution in [0.4, 0.5) is 10.5 Å². The van der Waals surface area contributed by atoms with E-state index in [9.17, 15) is 14.9 Å². The van der Waals surface area contributed by atoms with Gasteiger partial charge in [0, 0.05) is 31.8 Å². The molecule has 6 rings (SSSR count). The lowest BCUT2D eigenvalue weighted by atomic mass is 9.43. The molecule has 4 atom stereocenters. The Bertz CT molecular complexity index is 771. The zero-order chi connectivity index (χ0) is 19.4. The summed E-state index contributed by atoms with van der Waals surface area (Å²) < 4.78 is 0. The van der Waals surface area contributed by atoms with Gasteiger partial charge >= 0.3 is 6.03 Å². The van der Waals surface area contributed by atoms with Crippen LogP contribution in [0.3, 0.4) is 0 Å². The first-order valence-electron chi connectivity index (χ1n) is 10.7. The monoisotopic (exact) mass is 383 g/mol. The first-order chi connectivity index (χ1) is 13.5. The van der Waals surface area contributed by atoms with Crippen LogP contribution in [0.2, 0.25) is 0 Å². The molecule has 4 aliphatic carbocycles. The van der Waals surface area contributed by atoms with Crippen molar-refractivity contribution in [1.82, 2.24) is 10.2 Å². The SMILES string of the molecule is O=C(NCC12C[C@H]3C[C@@H](C1)CC(c1ccc([N+](=O)[O-])cc1)(C3)C2)N1CCCC1. The van der Waals surface area contributed by atoms with Crippen molar-refractivity contribution >= 4 is 11.7 Å². The van der Waals surface area contributed by atoms with Crippen molar-refractivity contribution in [2.45, 2.75) is 56.8 Å². The van der Waals surface area contributed by atoms with Crippen LogP contribution in [0.15, 0.2) is 24.3 Å². The zero-order valence-corrected chi connectivity index (χ0v) is 16.4. The van der Waals surface area contributed by atoms with Gasteiger partial charge in [-0.05, 0) is 79.6 Å². The molecule has 4 saturated carbocycles. The highest BCUT2D eigenvalue weighted by Gasteiger charge is 2.58. The second kappa shape index (κ2) is 6.46. The second-order valence-electron chi connectivity index (χ2n) is 9.90. The van der Waals surface area contributed by atoms with Gasteiger partial charge in [0.1, 0.15) is 0 Å². The molecule has 4 bridgehead atoms. The number of benzene rings is 1. The number of amides is 2. The number of hydrogen-bond donors (Lipinski definition) is 1. The van der Waals surface area contributed by atoms with Crippen molar-refractivity contribution in [3.63, 3.8) is 0 Å². The van der Waals surface area contributed by atoms with E-state index in [0.29, 0.717) is 0 Å². The van der Waals surface area contributed by atoms with Gasteiger partial charge < -0.3 is 10.2 Å². The molecule has 0 radical (unpaired) electrons. The van der Waals surface area contributed by atoms with Crippen molar-refractivity contribution in [1.29, 1.82) is 0 Å². The van der Waals surface area contributed by atoms with Gasteiger partial charge in [-0.15, -0.1) is 0 Å². The van der Waals surface area contributed by atoms with Crippen molar-refractivity contribution in [2.75, 3.05) is 19.6 Å². The predicted octanol–water partition coefficient (Wildman–Crippen LogP) is 4.24. The van der Waals surface area contributed by atoms with E-state index in [1.807, 2.05) is 17.0 Å². The summed E-state index contributed by atoms with van der Waals surface area (Å²) in [5.41, 5.74) is 1.77. The van der Waals surface area contributed by atoms with Crippen molar-refractivity contribution < 1.29 is 9.72 Å². The molecule has 6 nitrogen and oxygen atoms in total. The molecular weight excluding hydrogens is 354 g/mol. The molecule has 5 fully saturated rings. The fraction of sp³-hybridized carbons (Fsp3) is 0.682. The number of nitro benzene ring substituents is 1. The maximum Gasteiger partial charge on any atom is 0.317 e. The molecule has 1 N–H and O–H groups in total. The molecular formula is C22H29N3O3. The Morgan fingerprint density at radius 2 is 1.75 bits per heavy atom. The summed E-state index contributed by atoms with van der Waals surface area (Å²) in [4.78, 5) is 25.2. The van der Waals surface area contributed by atoms with E-state index < -0.39 is 0 Å². The fourth-order valence-corrected chi connectivity index (χ4v) is 7.23. The van der Waals surface area contributed by atoms with E-state index in [2.05, 4.69) is 5.32 Å². The number of urea groups is 1. The quantitative estimate of drug-likeness (QED) is 0.624. The third-order valence-corrected chi connectivity index (χ3v) is 7.88. The molecule has 5 aliphatic rings. The van der Waals surface area contributed by atoms with Gasteiger partial charge in [0.25, 0.3) is 5.69 Å². The maximum absolute atomic E-state index is 12.5. The molecule has 6 heteroatoms. The lowest BCUT2D eigenvalue weighted by Gasteiger charge is -2.62. The van der Waals surface area contributed by atoms with Crippen LogP contribution in [-0.2, 0) is 5.41 Å². The molecule has 2 amide bonds. The van der Waals surface area contributed by atoms with Gasteiger partial charge in [0.2, 0.25) is 0 Å². The fourth-order valence-electron chi connectivity index (χ4n) is 7.23. The summed E-state index contributed by atoms with van der Waals surface area (Å²) in [6.45, 7) is 2.55. The highest BCUT2D eigenvalue weighted by atomic mass is 16.6. The minimum absolute atomic E-state index is 0.109. The van der Waals surface area contributed by atoms with Gasteiger partial charge in [0.15, 0.2) is 0 Å². The number of hydrogen-bond acceptors (Lipinski definition) is 3. The van der Waals surface area contributed by atoms with Crippen molar-refractivity contribution in [3.05, 3.63) is 39.9 Å². The van der Waals surface area contributed by atoms with Gasteiger partial charge in [-0.25, -0.2) is 4.79 Å². The number of nitrogens with zero attached hydrogens (tertiary/aromatic N) is 2. The van der Waals surface area contributed by atoms with E-state index in [0.717, 1.165) is 50.7 Å². The van der Waals surface area contributed by atoms with Crippen LogP contribution < -0.4 is 5.32 Å². The standard InChI is InChI=1S/C22H29N3O3/c26-20(24-7-1-2-8-24)23-15-21-10-16-9-17(11-21)13-22(12-16,14-21)18-3-5-19(6-4-18)25(27)28/h3-6,16-17H,1-2,7-15H2,(H,23,26)/t16-,17+,21?,22?. The zero-order valence-electron chi connectivity index (χ0n) is 16.4. The Balaban J connectivity index is 1.36. The molecule has 1 aliphatic heterocycles. The number of nitro groups is 1. The molecule has 1 heterocycles. The number of non-ortho nitro benzene ring substituents is 1. The van der Waals surface area contributed by atoms with Crippen LogP contribution in [0.5, 0.6) is 0 Å². The van der Waals surface area contributed by atoms with E-state index >= 15 is 0 Å². The average Bonchev–Trinajstić information content (AvgIpc) is 3.20. The summed E-state index contributed by atoms with van der Waals surface area (Å²) in [6, 6.07) is 7.41. The Kier molecular flexibility index (Phi) is 4.14. The third-order valence-electron chi connectivity index (χ3n) is 7.88. The summed E-state index contributed by atoms with van der Waals surface area (Å²) in [7, 11) is 0. The molecule has 1 saturated heterocycles. The smallest absolute Gasteiger partial charge is 0.317 e. The molecule has 0 spiro atoms. The van der Waals surface area contributed by atoms with Crippen LogP contribution in [0.25, 0.3) is 0 Å². The predicted molar refractivity (Wildman–Crippen MR) is 106 cm³/mol. The molecule has 0 aromatic heterocycles. The molecule has 150 valence electrons. The van der Waals surface area contributed by atoms with E-state index in [1.54, 1.807) is 12.1 Å². The Morgan fingerprint density at radius 3 is 2.36 bits per heavy atom. The number of likely N-dealkylation sites (tertiary alicyclic amines) is 1. The Labute approximate surface area is 165 Å². The molecule has 1 aromatic rings. The normalized spacial score (nSPS) is 35.9. The maximum atomic E-state index is 12.5. The molecule has 2 unspecified atom stereocenters. The van der Waals surface area contributed by atoms with Crippen molar-refractivity contribution in [2.24, 2.45) is 17.3 Å². The topological polar surface area (TPSA) is 75.5 Å². The highest BCUT2D eigenvalue weighted by molar-refractivity contribution is 5.74. The number of carbonyl (C=O) groups excluding carboxylic acids is 1. The highest BCUT2D eigenvalue weighted by Crippen LogP contribution is 2.65. The largest absolute Gasteiger partial charge is 0.337 e. The number of nitrogens with one attached hydrogen (secondary N) is 1. The summed E-state index contributed by atoms with van der Waals surface area (Å²) in [5, 5.41) is 14.3. The minimum Gasteiger partial charge on any atom is -0.337 e. The van der Waals surface area contributed by atoms with E-state index in [-0.39, 0.29) is 27.5 Å². The van der Waals surface area contributed by atoms with Gasteiger partial charge in [-0.2, -0.15) is 0 Å². The van der Waals surface area contributed by atoms with Crippen LogP contribution in [-0.4, -0.2) is 35.5 Å². The first-order valence-corrected chi connectivity index (χ1v) is 10.7. The summed E-state index contributed by atoms with van der Waals surface area (Å²) in [5.74, 6) is 1.44. The lowest BCUT2D eigenvalue weighted by Crippen LogP contribution is -2.57. The Hall–Kier alpha value is -2.11. The van der Waals surface area contributed by atoms with Gasteiger partial charge in [-0.1, -0.05) is 12.1 Å². The second-order valence-corrected chi connectivity index (χ2v) is 9.90. The lowest BCUT2D eigenvalue weighted by molar-refractivity contribution is -0.384. The third kappa shape index (κ3) is 2.97. The average molecular weight is 383 g/mol. The first kappa shape index (κ1) is 18.0. The van der Waals surface area contributed by atoms with Gasteiger partial charge in [0.05, 0.1) is 4.92 Å². The summed E-state index contributed by atoms with van der Waals surface area (Å²) >= 11 is 0.